The molecule has 1 aliphatic carbocycles. The van der Waals surface area contributed by atoms with Crippen molar-refractivity contribution < 1.29 is 19.1 Å². The Bertz CT molecular complexity index is 321. The normalized spacial score (nSPS) is 24.4. The fraction of sp³-hybridized carbons (Fsp3) is 0.889. The van der Waals surface area contributed by atoms with Crippen molar-refractivity contribution in [3.63, 3.8) is 0 Å². The molecule has 1 aliphatic rings. The van der Waals surface area contributed by atoms with Crippen molar-refractivity contribution in [2.24, 2.45) is 23.7 Å². The zero-order valence-corrected chi connectivity index (χ0v) is 14.6. The van der Waals surface area contributed by atoms with Crippen LogP contribution in [0.1, 0.15) is 66.2 Å². The molecule has 0 bridgehead atoms. The maximum Gasteiger partial charge on any atom is 0.308 e. The summed E-state index contributed by atoms with van der Waals surface area (Å²) in [6.45, 7) is 9.28. The lowest BCUT2D eigenvalue weighted by Gasteiger charge is -2.27. The van der Waals surface area contributed by atoms with Crippen LogP contribution in [0.4, 0.5) is 0 Å². The lowest BCUT2D eigenvalue weighted by Crippen LogP contribution is -2.31. The molecule has 1 fully saturated rings. The van der Waals surface area contributed by atoms with Crippen LogP contribution < -0.4 is 0 Å². The first-order valence-electron chi connectivity index (χ1n) is 8.81. The Kier molecular flexibility index (Phi) is 8.51. The highest BCUT2D eigenvalue weighted by atomic mass is 16.5. The van der Waals surface area contributed by atoms with Gasteiger partial charge in [-0.05, 0) is 31.1 Å². The molecule has 4 nitrogen and oxygen atoms in total. The standard InChI is InChI=1S/C18H32O4/c1-5-13(3)11-21-17(19)15-8-7-9-16(10-15)18(20)22-12-14(4)6-2/h13-16H,5-12H2,1-4H3. The fourth-order valence-electron chi connectivity index (χ4n) is 2.54. The van der Waals surface area contributed by atoms with E-state index in [9.17, 15) is 9.59 Å². The predicted molar refractivity (Wildman–Crippen MR) is 86.3 cm³/mol. The summed E-state index contributed by atoms with van der Waals surface area (Å²) in [6.07, 6.45) is 5.14. The lowest BCUT2D eigenvalue weighted by molar-refractivity contribution is -0.156. The van der Waals surface area contributed by atoms with E-state index in [-0.39, 0.29) is 23.8 Å². The number of ether oxygens (including phenoxy) is 2. The molecule has 0 aromatic carbocycles. The second-order valence-electron chi connectivity index (χ2n) is 6.85. The van der Waals surface area contributed by atoms with Gasteiger partial charge in [0, 0.05) is 0 Å². The van der Waals surface area contributed by atoms with Gasteiger partial charge in [-0.3, -0.25) is 9.59 Å². The zero-order valence-electron chi connectivity index (χ0n) is 14.6. The number of hydrogen-bond acceptors (Lipinski definition) is 4. The highest BCUT2D eigenvalue weighted by molar-refractivity contribution is 5.76. The molecule has 0 saturated heterocycles. The molecule has 4 atom stereocenters. The highest BCUT2D eigenvalue weighted by Gasteiger charge is 2.33. The van der Waals surface area contributed by atoms with Gasteiger partial charge in [-0.15, -0.1) is 0 Å². The van der Waals surface area contributed by atoms with Crippen LogP contribution in [-0.2, 0) is 19.1 Å². The third-order valence-corrected chi connectivity index (χ3v) is 4.75. The van der Waals surface area contributed by atoms with E-state index in [2.05, 4.69) is 27.7 Å². The number of esters is 2. The van der Waals surface area contributed by atoms with E-state index in [4.69, 9.17) is 9.47 Å². The van der Waals surface area contributed by atoms with Gasteiger partial charge in [-0.25, -0.2) is 0 Å². The van der Waals surface area contributed by atoms with E-state index in [1.54, 1.807) is 0 Å². The third-order valence-electron chi connectivity index (χ3n) is 4.75. The van der Waals surface area contributed by atoms with Gasteiger partial charge in [0.1, 0.15) is 0 Å². The minimum Gasteiger partial charge on any atom is -0.465 e. The molecule has 128 valence electrons. The molecule has 22 heavy (non-hydrogen) atoms. The molecule has 0 amide bonds. The zero-order chi connectivity index (χ0) is 16.5. The molecule has 0 aromatic rings. The molecule has 0 aliphatic heterocycles. The molecule has 0 radical (unpaired) electrons. The summed E-state index contributed by atoms with van der Waals surface area (Å²) >= 11 is 0. The number of carbonyl (C=O) groups is 2. The minimum absolute atomic E-state index is 0.139. The number of rotatable bonds is 8. The Morgan fingerprint density at radius 1 is 0.909 bits per heavy atom. The SMILES string of the molecule is CCC(C)COC(=O)C1CCCC(C(=O)OCC(C)CC)C1. The van der Waals surface area contributed by atoms with Gasteiger partial charge in [0.2, 0.25) is 0 Å². The summed E-state index contributed by atoms with van der Waals surface area (Å²) in [5.74, 6) is 0.227. The van der Waals surface area contributed by atoms with Gasteiger partial charge in [0.25, 0.3) is 0 Å². The Morgan fingerprint density at radius 3 is 1.68 bits per heavy atom. The number of hydrogen-bond donors (Lipinski definition) is 0. The Morgan fingerprint density at radius 2 is 1.32 bits per heavy atom. The summed E-state index contributed by atoms with van der Waals surface area (Å²) in [5, 5.41) is 0. The maximum absolute atomic E-state index is 12.1. The predicted octanol–water partition coefficient (Wildman–Crippen LogP) is 3.97. The van der Waals surface area contributed by atoms with E-state index < -0.39 is 0 Å². The van der Waals surface area contributed by atoms with Gasteiger partial charge in [0.15, 0.2) is 0 Å². The molecule has 0 N–H and O–H groups in total. The van der Waals surface area contributed by atoms with Crippen molar-refractivity contribution in [2.75, 3.05) is 13.2 Å². The summed E-state index contributed by atoms with van der Waals surface area (Å²) in [4.78, 5) is 24.2. The molecule has 0 aromatic heterocycles. The lowest BCUT2D eigenvalue weighted by atomic mass is 9.81. The first-order valence-corrected chi connectivity index (χ1v) is 8.81. The Labute approximate surface area is 134 Å². The van der Waals surface area contributed by atoms with Crippen LogP contribution in [0.15, 0.2) is 0 Å². The number of carbonyl (C=O) groups excluding carboxylic acids is 2. The quantitative estimate of drug-likeness (QED) is 0.636. The van der Waals surface area contributed by atoms with Crippen LogP contribution in [0.3, 0.4) is 0 Å². The van der Waals surface area contributed by atoms with Gasteiger partial charge in [-0.1, -0.05) is 47.0 Å². The van der Waals surface area contributed by atoms with Crippen molar-refractivity contribution in [3.8, 4) is 0 Å². The highest BCUT2D eigenvalue weighted by Crippen LogP contribution is 2.31. The summed E-state index contributed by atoms with van der Waals surface area (Å²) in [5.41, 5.74) is 0. The van der Waals surface area contributed by atoms with Crippen molar-refractivity contribution in [1.29, 1.82) is 0 Å². The largest absolute Gasteiger partial charge is 0.465 e. The summed E-state index contributed by atoms with van der Waals surface area (Å²) in [7, 11) is 0. The molecule has 1 saturated carbocycles. The van der Waals surface area contributed by atoms with Crippen LogP contribution in [0.25, 0.3) is 0 Å². The Balaban J connectivity index is 2.39. The summed E-state index contributed by atoms with van der Waals surface area (Å²) < 4.78 is 10.8. The van der Waals surface area contributed by atoms with Crippen LogP contribution in [0.2, 0.25) is 0 Å². The second-order valence-corrected chi connectivity index (χ2v) is 6.85. The monoisotopic (exact) mass is 312 g/mol. The molecule has 0 spiro atoms. The maximum atomic E-state index is 12.1. The van der Waals surface area contributed by atoms with E-state index in [1.165, 1.54) is 0 Å². The van der Waals surface area contributed by atoms with Crippen molar-refractivity contribution in [2.45, 2.75) is 66.2 Å². The molecular weight excluding hydrogens is 280 g/mol. The van der Waals surface area contributed by atoms with Crippen LogP contribution in [-0.4, -0.2) is 25.2 Å². The third kappa shape index (κ3) is 6.37. The molecule has 1 rings (SSSR count). The van der Waals surface area contributed by atoms with E-state index in [1.807, 2.05) is 0 Å². The smallest absolute Gasteiger partial charge is 0.308 e. The average molecular weight is 312 g/mol. The molecular formula is C18H32O4. The first kappa shape index (κ1) is 19.0. The first-order chi connectivity index (χ1) is 10.5. The van der Waals surface area contributed by atoms with E-state index in [0.29, 0.717) is 31.5 Å². The minimum atomic E-state index is -0.140. The van der Waals surface area contributed by atoms with Gasteiger partial charge >= 0.3 is 11.9 Å². The summed E-state index contributed by atoms with van der Waals surface area (Å²) in [6, 6.07) is 0. The van der Waals surface area contributed by atoms with Crippen molar-refractivity contribution in [1.82, 2.24) is 0 Å². The molecule has 4 heteroatoms. The van der Waals surface area contributed by atoms with Gasteiger partial charge in [-0.2, -0.15) is 0 Å². The molecule has 4 unspecified atom stereocenters. The van der Waals surface area contributed by atoms with Crippen LogP contribution in [0.5, 0.6) is 0 Å². The Hall–Kier alpha value is -1.06. The average Bonchev–Trinajstić information content (AvgIpc) is 2.56. The van der Waals surface area contributed by atoms with E-state index >= 15 is 0 Å². The van der Waals surface area contributed by atoms with Gasteiger partial charge in [0.05, 0.1) is 25.0 Å². The van der Waals surface area contributed by atoms with Gasteiger partial charge < -0.3 is 9.47 Å². The molecule has 0 heterocycles. The van der Waals surface area contributed by atoms with E-state index in [0.717, 1.165) is 32.1 Å². The van der Waals surface area contributed by atoms with Crippen LogP contribution in [0, 0.1) is 23.7 Å². The van der Waals surface area contributed by atoms with Crippen molar-refractivity contribution >= 4 is 11.9 Å². The fourth-order valence-corrected chi connectivity index (χ4v) is 2.54. The second kappa shape index (κ2) is 9.86. The topological polar surface area (TPSA) is 52.6 Å². The van der Waals surface area contributed by atoms with Crippen LogP contribution >= 0.6 is 0 Å². The van der Waals surface area contributed by atoms with Crippen molar-refractivity contribution in [3.05, 3.63) is 0 Å².